The summed E-state index contributed by atoms with van der Waals surface area (Å²) in [6.07, 6.45) is 12.3. The molecule has 9 N–H and O–H groups in total. The predicted molar refractivity (Wildman–Crippen MR) is 325 cm³/mol. The van der Waals surface area contributed by atoms with Crippen LogP contribution in [0.3, 0.4) is 0 Å². The van der Waals surface area contributed by atoms with Crippen molar-refractivity contribution < 1.29 is 43.1 Å². The number of carbonyl (C=O) groups excluding carboxylic acids is 8. The second-order valence-electron chi connectivity index (χ2n) is 22.1. The number of Topliss-reactive ketones (excluding diaryl/α,β-unsaturated/α-hetero) is 2. The van der Waals surface area contributed by atoms with E-state index in [1.165, 1.54) is 6.20 Å². The average molecular weight is 1140 g/mol. The van der Waals surface area contributed by atoms with Gasteiger partial charge in [-0.2, -0.15) is 0 Å². The molecule has 4 aromatic rings. The number of amidine groups is 1. The average Bonchev–Trinajstić information content (AvgIpc) is 3.95. The van der Waals surface area contributed by atoms with E-state index < -0.39 is 41.9 Å². The van der Waals surface area contributed by atoms with Crippen molar-refractivity contribution in [2.45, 2.75) is 157 Å². The van der Waals surface area contributed by atoms with Gasteiger partial charge in [-0.05, 0) is 110 Å². The van der Waals surface area contributed by atoms with Crippen molar-refractivity contribution in [2.24, 2.45) is 34.2 Å². The molecule has 0 bridgehead atoms. The molecule has 83 heavy (non-hydrogen) atoms. The van der Waals surface area contributed by atoms with E-state index in [1.807, 2.05) is 62.9 Å². The number of aryl methyl sites for hydroxylation is 1. The van der Waals surface area contributed by atoms with Gasteiger partial charge in [0.2, 0.25) is 17.7 Å². The lowest BCUT2D eigenvalue weighted by atomic mass is 9.89. The maximum atomic E-state index is 13.9. The Morgan fingerprint density at radius 1 is 0.723 bits per heavy atom. The van der Waals surface area contributed by atoms with E-state index in [2.05, 4.69) is 50.4 Å². The highest BCUT2D eigenvalue weighted by Crippen LogP contribution is 2.29. The fourth-order valence-electron chi connectivity index (χ4n) is 9.73. The van der Waals surface area contributed by atoms with Gasteiger partial charge >= 0.3 is 12.1 Å². The number of amides is 7. The molecule has 2 heterocycles. The Hall–Kier alpha value is -8.22. The minimum atomic E-state index is -0.938. The highest BCUT2D eigenvalue weighted by Gasteiger charge is 2.30. The van der Waals surface area contributed by atoms with Crippen LogP contribution in [0, 0.1) is 17.8 Å². The van der Waals surface area contributed by atoms with Gasteiger partial charge in [0.05, 0.1) is 29.7 Å². The molecule has 0 saturated carbocycles. The van der Waals surface area contributed by atoms with E-state index in [9.17, 15) is 38.4 Å². The van der Waals surface area contributed by atoms with Gasteiger partial charge in [0, 0.05) is 79.8 Å². The summed E-state index contributed by atoms with van der Waals surface area (Å²) in [6, 6.07) is 20.3. The normalized spacial score (nSPS) is 13.0. The third-order valence-corrected chi connectivity index (χ3v) is 14.2. The largest absolute Gasteiger partial charge is 0.445 e. The van der Waals surface area contributed by atoms with Crippen molar-refractivity contribution in [2.75, 3.05) is 30.3 Å². The number of nitrogens with zero attached hydrogens (tertiary/aromatic N) is 3. The van der Waals surface area contributed by atoms with Crippen LogP contribution in [0.2, 0.25) is 0 Å². The number of rotatable bonds is 34. The first-order valence-electron chi connectivity index (χ1n) is 29.3. The molecule has 19 nitrogen and oxygen atoms in total. The lowest BCUT2D eigenvalue weighted by Crippen LogP contribution is -2.45. The van der Waals surface area contributed by atoms with Crippen LogP contribution < -0.4 is 38.1 Å². The Morgan fingerprint density at radius 3 is 2.13 bits per heavy atom. The molecular weight excluding hydrogens is 1050 g/mol. The SMILES string of the molecule is CCCN(CCC)C(=O)C1=Cc2ccc(C(=O)Nc3cncc(CCC(=O)C(Cc4ccccc4)NC(=O)OCc4ccc(NC(=O)[C@H](CCCNC(N)=O)CC(=O)[C@@H](NC(=O)CCCCCCC(C)C)C(C)C)cc4)c3)cc2N=C(N)C1. The number of urea groups is 1. The van der Waals surface area contributed by atoms with Crippen LogP contribution in [-0.4, -0.2) is 94.8 Å². The van der Waals surface area contributed by atoms with Crippen molar-refractivity contribution in [1.82, 2.24) is 25.8 Å². The van der Waals surface area contributed by atoms with Gasteiger partial charge in [0.15, 0.2) is 11.6 Å². The number of primary amides is 1. The van der Waals surface area contributed by atoms with Crippen molar-refractivity contribution in [1.29, 1.82) is 0 Å². The molecule has 7 amide bonds. The number of hydrogen-bond acceptors (Lipinski definition) is 12. The Balaban J connectivity index is 1.16. The van der Waals surface area contributed by atoms with Gasteiger partial charge in [0.25, 0.3) is 5.91 Å². The van der Waals surface area contributed by atoms with Gasteiger partial charge in [0.1, 0.15) is 12.4 Å². The van der Waals surface area contributed by atoms with Gasteiger partial charge < -0.3 is 47.7 Å². The van der Waals surface area contributed by atoms with Crippen molar-refractivity contribution in [3.8, 4) is 0 Å². The number of carbonyl (C=O) groups is 8. The minimum Gasteiger partial charge on any atom is -0.445 e. The lowest BCUT2D eigenvalue weighted by Gasteiger charge is -2.24. The number of hydrogen-bond donors (Lipinski definition) is 7. The lowest BCUT2D eigenvalue weighted by molar-refractivity contribution is -0.131. The molecule has 0 saturated heterocycles. The molecule has 1 aliphatic rings. The van der Waals surface area contributed by atoms with Crippen LogP contribution >= 0.6 is 0 Å². The molecule has 5 rings (SSSR count). The third kappa shape index (κ3) is 22.9. The number of fused-ring (bicyclic) bond motifs is 1. The van der Waals surface area contributed by atoms with Gasteiger partial charge in [-0.15, -0.1) is 0 Å². The summed E-state index contributed by atoms with van der Waals surface area (Å²) >= 11 is 0. The number of alkyl carbamates (subject to hydrolysis) is 1. The molecule has 1 unspecified atom stereocenters. The van der Waals surface area contributed by atoms with Crippen molar-refractivity contribution >= 4 is 76.3 Å². The second kappa shape index (κ2) is 34.3. The van der Waals surface area contributed by atoms with E-state index >= 15 is 0 Å². The number of nitrogens with one attached hydrogen (secondary N) is 5. The number of anilines is 2. The fourth-order valence-corrected chi connectivity index (χ4v) is 9.73. The Morgan fingerprint density at radius 2 is 1.45 bits per heavy atom. The summed E-state index contributed by atoms with van der Waals surface area (Å²) in [5.41, 5.74) is 16.5. The van der Waals surface area contributed by atoms with Crippen LogP contribution in [0.5, 0.6) is 0 Å². The summed E-state index contributed by atoms with van der Waals surface area (Å²) in [5, 5.41) is 14.0. The van der Waals surface area contributed by atoms with Gasteiger partial charge in [-0.25, -0.2) is 14.6 Å². The first-order valence-corrected chi connectivity index (χ1v) is 29.3. The topological polar surface area (TPSA) is 286 Å². The van der Waals surface area contributed by atoms with Crippen LogP contribution in [-0.2, 0) is 48.2 Å². The molecule has 3 atom stereocenters. The van der Waals surface area contributed by atoms with Gasteiger partial charge in [-0.1, -0.05) is 116 Å². The number of aromatic nitrogens is 1. The Bertz CT molecular complexity index is 2880. The third-order valence-electron chi connectivity index (χ3n) is 14.2. The number of ketones is 2. The summed E-state index contributed by atoms with van der Waals surface area (Å²) in [4.78, 5) is 117. The quantitative estimate of drug-likeness (QED) is 0.0216. The summed E-state index contributed by atoms with van der Waals surface area (Å²) in [6.45, 7) is 13.5. The van der Waals surface area contributed by atoms with Crippen LogP contribution in [0.15, 0.2) is 102 Å². The molecule has 0 fully saturated rings. The standard InChI is InChI=1S/C64H86N10O9/c1-7-31-74(32-8-2)62(80)50-35-47-25-26-49(36-53(47)71-57(65)38-50)61(79)70-52-33-46(39-67-40-52)24-29-55(75)54(34-44-18-13-11-14-19-44)72-64(82)83-41-45-22-27-51(28-23-45)69-60(78)48(20-16-30-68-63(66)81)37-56(76)59(43(5)6)73-58(77)21-15-10-9-12-17-42(3)4/h11,13-14,18-19,22-23,25-28,33,35-36,39-40,42-43,48,54,59H,7-10,12,15-17,20-21,24,29-32,34,37-38,41H2,1-6H3,(H2,65,71)(H,69,78)(H,70,79)(H,72,82)(H,73,77)(H3,66,68,81)/t48-,54?,59+/m1/s1. The molecule has 1 aliphatic heterocycles. The summed E-state index contributed by atoms with van der Waals surface area (Å²) in [7, 11) is 0. The van der Waals surface area contributed by atoms with Gasteiger partial charge in [-0.3, -0.25) is 33.8 Å². The predicted octanol–water partition coefficient (Wildman–Crippen LogP) is 9.90. The zero-order valence-electron chi connectivity index (χ0n) is 49.2. The number of pyridine rings is 1. The summed E-state index contributed by atoms with van der Waals surface area (Å²) in [5.74, 6) is -1.70. The molecule has 3 aromatic carbocycles. The van der Waals surface area contributed by atoms with E-state index in [0.717, 1.165) is 50.5 Å². The van der Waals surface area contributed by atoms with E-state index in [-0.39, 0.29) is 86.8 Å². The molecule has 0 radical (unpaired) electrons. The second-order valence-corrected chi connectivity index (χ2v) is 22.1. The fraction of sp³-hybridized carbons (Fsp3) is 0.469. The smallest absolute Gasteiger partial charge is 0.408 e. The summed E-state index contributed by atoms with van der Waals surface area (Å²) < 4.78 is 5.59. The highest BCUT2D eigenvalue weighted by atomic mass is 16.5. The molecular formula is C64H86N10O9. The molecule has 446 valence electrons. The number of aliphatic imine (C=N–C) groups is 1. The van der Waals surface area contributed by atoms with E-state index in [1.54, 1.807) is 60.8 Å². The molecule has 19 heteroatoms. The minimum absolute atomic E-state index is 0.0357. The maximum Gasteiger partial charge on any atom is 0.408 e. The molecule has 1 aromatic heterocycles. The van der Waals surface area contributed by atoms with Crippen LogP contribution in [0.25, 0.3) is 6.08 Å². The number of nitrogens with two attached hydrogens (primary N) is 2. The van der Waals surface area contributed by atoms with Crippen LogP contribution in [0.4, 0.5) is 26.7 Å². The zero-order chi connectivity index (χ0) is 60.3. The monoisotopic (exact) mass is 1140 g/mol. The van der Waals surface area contributed by atoms with Crippen molar-refractivity contribution in [3.05, 3.63) is 125 Å². The molecule has 0 aliphatic carbocycles. The Labute approximate surface area is 489 Å². The maximum absolute atomic E-state index is 13.9. The number of benzene rings is 3. The van der Waals surface area contributed by atoms with Crippen molar-refractivity contribution in [3.63, 3.8) is 0 Å². The zero-order valence-corrected chi connectivity index (χ0v) is 49.2. The first kappa shape index (κ1) is 65.6. The highest BCUT2D eigenvalue weighted by molar-refractivity contribution is 6.08. The van der Waals surface area contributed by atoms with E-state index in [0.29, 0.717) is 76.7 Å². The number of ether oxygens (including phenoxy) is 1. The van der Waals surface area contributed by atoms with Crippen LogP contribution in [0.1, 0.15) is 158 Å². The Kier molecular flexibility index (Phi) is 27.1. The first-order chi connectivity index (χ1) is 39.8. The number of unbranched alkanes of at least 4 members (excludes halogenated alkanes) is 3. The van der Waals surface area contributed by atoms with E-state index in [4.69, 9.17) is 16.2 Å². The molecule has 0 spiro atoms.